The third-order valence-corrected chi connectivity index (χ3v) is 0. The molecule has 0 radical (unpaired) electrons. The number of hydrogen-bond donors (Lipinski definition) is 0. The number of hydrogen-bond acceptors (Lipinski definition) is 1. The minimum atomic E-state index is 0. The van der Waals surface area contributed by atoms with E-state index in [1.807, 2.05) is 0 Å². The Balaban J connectivity index is 0. The predicted molar refractivity (Wildman–Crippen MR) is 8.86 cm³/mol. The van der Waals surface area contributed by atoms with Crippen molar-refractivity contribution in [2.45, 2.75) is 0 Å². The molecule has 0 aromatic heterocycles. The van der Waals surface area contributed by atoms with E-state index in [0.29, 0.717) is 0 Å². The molecular weight excluding hydrogens is 282 g/mol. The summed E-state index contributed by atoms with van der Waals surface area (Å²) in [5, 5.41) is 0. The molecule has 0 aromatic rings. The third kappa shape index (κ3) is 33.4. The van der Waals surface area contributed by atoms with Crippen molar-refractivity contribution in [1.29, 1.82) is 0 Å². The van der Waals surface area contributed by atoms with Crippen molar-refractivity contribution in [3.05, 3.63) is 10.4 Å². The van der Waals surface area contributed by atoms with Crippen LogP contribution in [0.25, 0.3) is 5.53 Å². The largest absolute Gasteiger partial charge is 0.294 e. The van der Waals surface area contributed by atoms with Gasteiger partial charge in [-0.15, -0.1) is 0 Å². The van der Waals surface area contributed by atoms with Crippen molar-refractivity contribution >= 4 is 0 Å². The van der Waals surface area contributed by atoms with Gasteiger partial charge in [0.15, 0.2) is 4.91 Å². The van der Waals surface area contributed by atoms with Crippen LogP contribution in [0, 0.1) is 36.0 Å². The van der Waals surface area contributed by atoms with Gasteiger partial charge in [0.1, 0.15) is 4.97 Å². The monoisotopic (exact) mass is 282 g/mol. The van der Waals surface area contributed by atoms with Crippen molar-refractivity contribution in [1.82, 2.24) is 4.97 Å². The second-order valence-corrected chi connectivity index (χ2v) is 0.0816. The molecule has 4 heteroatoms. The second kappa shape index (κ2) is 10.1. The van der Waals surface area contributed by atoms with Gasteiger partial charge in [-0.25, -0.2) is 0 Å². The van der Waals surface area contributed by atoms with E-state index in [1.165, 1.54) is 4.97 Å². The Morgan fingerprint density at radius 2 is 1.75 bits per heavy atom. The molecule has 0 unspecified atom stereocenters. The summed E-state index contributed by atoms with van der Waals surface area (Å²) in [4.78, 5) is 9.36. The van der Waals surface area contributed by atoms with E-state index in [2.05, 4.69) is 0 Å². The molecule has 0 atom stereocenters. The summed E-state index contributed by atoms with van der Waals surface area (Å²) in [5.41, 5.74) is 6.64. The normalized spacial score (nSPS) is 2.00. The van der Waals surface area contributed by atoms with Gasteiger partial charge in [-0.05, 0) is 0 Å². The molecule has 3 nitrogen and oxygen atoms in total. The zero-order valence-corrected chi connectivity index (χ0v) is 5.97. The fourth-order valence-electron chi connectivity index (χ4n) is 0. The fraction of sp³-hybridized carbons (Fsp3) is 0. The van der Waals surface area contributed by atoms with E-state index >= 15 is 0 Å². The Morgan fingerprint density at radius 3 is 1.75 bits per heavy atom. The van der Waals surface area contributed by atoms with Crippen LogP contribution in [-0.4, -0.2) is 0 Å². The molecule has 0 rings (SSSR count). The smallest absolute Gasteiger partial charge is 0.151 e. The molecule has 0 N–H and O–H groups in total. The Morgan fingerprint density at radius 1 is 1.75 bits per heavy atom. The number of nitrogens with zero attached hydrogens (tertiary/aromatic N) is 2. The van der Waals surface area contributed by atoms with Crippen LogP contribution in [0.2, 0.25) is 0 Å². The van der Waals surface area contributed by atoms with E-state index in [1.54, 1.807) is 0 Å². The molecule has 0 aliphatic heterocycles. The summed E-state index contributed by atoms with van der Waals surface area (Å²) in [6.45, 7) is 0. The van der Waals surface area contributed by atoms with Gasteiger partial charge >= 0.3 is 0 Å². The van der Waals surface area contributed by atoms with Gasteiger partial charge in [0.05, 0.1) is 0 Å². The number of nitroso groups, excluding NO2 is 1. The molecule has 0 aromatic carbocycles. The van der Waals surface area contributed by atoms with E-state index in [4.69, 9.17) is 10.4 Å². The maximum Gasteiger partial charge on any atom is 0.151 e. The van der Waals surface area contributed by atoms with Gasteiger partial charge in [0.2, 0.25) is 0 Å². The van der Waals surface area contributed by atoms with Crippen LogP contribution in [0.5, 0.6) is 0 Å². The van der Waals surface area contributed by atoms with Gasteiger partial charge < -0.3 is 0 Å². The Hall–Kier alpha value is 0.362. The molecule has 0 heterocycles. The van der Waals surface area contributed by atoms with E-state index in [9.17, 15) is 0 Å². The van der Waals surface area contributed by atoms with E-state index < -0.39 is 0 Å². The Kier molecular flexibility index (Phi) is 22.3. The molecule has 0 saturated heterocycles. The molecule has 0 bridgehead atoms. The first-order chi connectivity index (χ1) is 1.41. The van der Waals surface area contributed by atoms with E-state index in [-0.39, 0.29) is 31.1 Å². The van der Waals surface area contributed by atoms with Crippen molar-refractivity contribution in [2.24, 2.45) is 0 Å². The molecule has 0 saturated carbocycles. The van der Waals surface area contributed by atoms with Crippen molar-refractivity contribution in [2.75, 3.05) is 0 Å². The molecule has 4 heavy (non-hydrogen) atoms. The summed E-state index contributed by atoms with van der Waals surface area (Å²) < 4.78 is 0. The zero-order valence-electron chi connectivity index (χ0n) is 1.80. The van der Waals surface area contributed by atoms with Crippen LogP contribution >= 0.6 is 0 Å². The predicted octanol–water partition coefficient (Wildman–Crippen LogP) is -0.158. The van der Waals surface area contributed by atoms with Crippen LogP contribution < -0.4 is 4.97 Å². The Bertz CT molecular complexity index is 27.0. The summed E-state index contributed by atoms with van der Waals surface area (Å²) in [6.07, 6.45) is 0. The van der Waals surface area contributed by atoms with Crippen molar-refractivity contribution < 1.29 is 31.1 Å². The van der Waals surface area contributed by atoms with Crippen LogP contribution in [0.15, 0.2) is 0 Å². The van der Waals surface area contributed by atoms with Gasteiger partial charge in [-0.1, -0.05) is 0 Å². The quantitative estimate of drug-likeness (QED) is 0.450. The first-order valence-electron chi connectivity index (χ1n) is 0.383. The summed E-state index contributed by atoms with van der Waals surface area (Å²) in [5.74, 6) is 0. The molecule has 0 spiro atoms. The molecule has 0 fully saturated rings. The van der Waals surface area contributed by atoms with Crippen LogP contribution in [0.1, 0.15) is 0 Å². The average molecular weight is 282 g/mol. The maximum absolute atomic E-state index is 8.11. The van der Waals surface area contributed by atoms with Crippen molar-refractivity contribution in [3.8, 4) is 0 Å². The van der Waals surface area contributed by atoms with Crippen LogP contribution in [0.4, 0.5) is 0 Å². The molecule has 0 aliphatic rings. The first kappa shape index (κ1) is 8.84. The van der Waals surface area contributed by atoms with Gasteiger partial charge in [0, 0.05) is 31.1 Å². The number of rotatable bonds is 0. The minimum absolute atomic E-state index is 0. The van der Waals surface area contributed by atoms with Gasteiger partial charge in [-0.2, -0.15) is 0 Å². The van der Waals surface area contributed by atoms with Gasteiger partial charge in [0.25, 0.3) is 0 Å². The fourth-order valence-corrected chi connectivity index (χ4v) is 0. The van der Waals surface area contributed by atoms with Crippen molar-refractivity contribution in [3.63, 3.8) is 0 Å². The second-order valence-electron chi connectivity index (χ2n) is 0.0816. The third-order valence-electron chi connectivity index (χ3n) is 0. The molecular formula is N2OU. The Labute approximate surface area is 46.6 Å². The molecule has 0 amide bonds. The first-order valence-corrected chi connectivity index (χ1v) is 0.383. The van der Waals surface area contributed by atoms with E-state index in [0.717, 1.165) is 0 Å². The van der Waals surface area contributed by atoms with Gasteiger partial charge in [-0.3, -0.25) is 5.53 Å². The minimum Gasteiger partial charge on any atom is -0.294 e. The topological polar surface area (TPSA) is 53.5 Å². The summed E-state index contributed by atoms with van der Waals surface area (Å²) in [6, 6.07) is 0. The molecule has 20 valence electrons. The van der Waals surface area contributed by atoms with Crippen LogP contribution in [0.3, 0.4) is 0 Å². The standard InChI is InChI=1S/N2O.U/c1-2-3;. The zero-order chi connectivity index (χ0) is 2.71. The summed E-state index contributed by atoms with van der Waals surface area (Å²) >= 11 is 0. The SMILES string of the molecule is [N-]=[N+]=O.[U]. The molecule has 0 aliphatic carbocycles. The summed E-state index contributed by atoms with van der Waals surface area (Å²) in [7, 11) is 0. The maximum atomic E-state index is 8.11. The van der Waals surface area contributed by atoms with Crippen LogP contribution in [-0.2, 0) is 0 Å². The average Bonchev–Trinajstić information content (AvgIpc) is 0.918.